The molecular formula is C25H24ClFN6O. The van der Waals surface area contributed by atoms with E-state index in [0.29, 0.717) is 35.1 Å². The van der Waals surface area contributed by atoms with E-state index in [2.05, 4.69) is 25.3 Å². The van der Waals surface area contributed by atoms with Crippen LogP contribution in [0.5, 0.6) is 0 Å². The van der Waals surface area contributed by atoms with Crippen LogP contribution < -0.4 is 5.32 Å². The molecular weight excluding hydrogens is 455 g/mol. The van der Waals surface area contributed by atoms with Crippen molar-refractivity contribution in [2.45, 2.75) is 19.8 Å². The van der Waals surface area contributed by atoms with Crippen LogP contribution in [0.1, 0.15) is 28.8 Å². The maximum absolute atomic E-state index is 14.5. The van der Waals surface area contributed by atoms with Gasteiger partial charge in [0.05, 0.1) is 11.2 Å². The number of halogens is 2. The number of fused-ring (bicyclic) bond motifs is 1. The third-order valence-electron chi connectivity index (χ3n) is 6.22. The van der Waals surface area contributed by atoms with E-state index in [0.717, 1.165) is 42.1 Å². The highest BCUT2D eigenvalue weighted by atomic mass is 35.5. The minimum absolute atomic E-state index is 0.0462. The Morgan fingerprint density at radius 1 is 1.29 bits per heavy atom. The number of likely N-dealkylation sites (tertiary alicyclic amines) is 1. The van der Waals surface area contributed by atoms with E-state index >= 15 is 0 Å². The largest absolute Gasteiger partial charge is 0.367 e. The monoisotopic (exact) mass is 478 g/mol. The highest BCUT2D eigenvalue weighted by molar-refractivity contribution is 6.31. The van der Waals surface area contributed by atoms with Crippen molar-refractivity contribution >= 4 is 34.4 Å². The maximum atomic E-state index is 14.5. The molecule has 0 spiro atoms. The molecule has 1 fully saturated rings. The zero-order valence-electron chi connectivity index (χ0n) is 18.7. The van der Waals surface area contributed by atoms with Crippen molar-refractivity contribution in [1.82, 2.24) is 24.8 Å². The number of hydrogen-bond acceptors (Lipinski definition) is 5. The molecule has 2 N–H and O–H groups in total. The third kappa shape index (κ3) is 4.46. The summed E-state index contributed by atoms with van der Waals surface area (Å²) in [5.74, 6) is 0.222. The topological polar surface area (TPSA) is 86.8 Å². The molecule has 5 rings (SSSR count). The van der Waals surface area contributed by atoms with Gasteiger partial charge in [0.15, 0.2) is 17.5 Å². The van der Waals surface area contributed by atoms with Crippen molar-refractivity contribution in [2.24, 2.45) is 5.92 Å². The van der Waals surface area contributed by atoms with E-state index in [-0.39, 0.29) is 17.6 Å². The van der Waals surface area contributed by atoms with Crippen molar-refractivity contribution in [3.8, 4) is 11.4 Å². The second kappa shape index (κ2) is 9.38. The van der Waals surface area contributed by atoms with Gasteiger partial charge in [-0.05, 0) is 43.4 Å². The molecule has 0 radical (unpaired) electrons. The number of aryl methyl sites for hydroxylation is 1. The first-order valence-electron chi connectivity index (χ1n) is 11.2. The lowest BCUT2D eigenvalue weighted by Gasteiger charge is -2.33. The van der Waals surface area contributed by atoms with Gasteiger partial charge in [-0.3, -0.25) is 4.79 Å². The molecule has 174 valence electrons. The van der Waals surface area contributed by atoms with Crippen LogP contribution in [0.15, 0.2) is 48.9 Å². The molecule has 0 saturated carbocycles. The Kier molecular flexibility index (Phi) is 6.15. The number of rotatable bonds is 5. The number of carbonyl (C=O) groups excluding carboxylic acids is 1. The number of carbonyl (C=O) groups is 1. The molecule has 1 amide bonds. The smallest absolute Gasteiger partial charge is 0.254 e. The Labute approximate surface area is 201 Å². The fourth-order valence-electron chi connectivity index (χ4n) is 4.42. The molecule has 1 saturated heterocycles. The van der Waals surface area contributed by atoms with Crippen LogP contribution in [0.25, 0.3) is 22.4 Å². The van der Waals surface area contributed by atoms with Gasteiger partial charge in [-0.15, -0.1) is 0 Å². The number of H-pyrrole nitrogens is 1. The van der Waals surface area contributed by atoms with Gasteiger partial charge in [0, 0.05) is 48.5 Å². The lowest BCUT2D eigenvalue weighted by atomic mass is 9.96. The zero-order valence-corrected chi connectivity index (χ0v) is 19.4. The summed E-state index contributed by atoms with van der Waals surface area (Å²) in [6, 6.07) is 9.41. The lowest BCUT2D eigenvalue weighted by Crippen LogP contribution is -2.42. The van der Waals surface area contributed by atoms with Gasteiger partial charge >= 0.3 is 0 Å². The lowest BCUT2D eigenvalue weighted by molar-refractivity contribution is 0.0679. The number of benzene rings is 1. The Balaban J connectivity index is 1.30. The molecule has 9 heteroatoms. The van der Waals surface area contributed by atoms with E-state index in [1.54, 1.807) is 18.5 Å². The Morgan fingerprint density at radius 2 is 2.15 bits per heavy atom. The Morgan fingerprint density at radius 3 is 3.00 bits per heavy atom. The van der Waals surface area contributed by atoms with Crippen molar-refractivity contribution in [3.05, 3.63) is 70.9 Å². The summed E-state index contributed by atoms with van der Waals surface area (Å²) in [5.41, 5.74) is 3.05. The molecule has 1 aliphatic rings. The first kappa shape index (κ1) is 22.3. The molecule has 1 aromatic carbocycles. The first-order chi connectivity index (χ1) is 16.5. The summed E-state index contributed by atoms with van der Waals surface area (Å²) in [6.45, 7) is 3.80. The Hall–Kier alpha value is -3.52. The highest BCUT2D eigenvalue weighted by Crippen LogP contribution is 2.28. The number of amides is 1. The molecule has 4 aromatic rings. The van der Waals surface area contributed by atoms with E-state index in [9.17, 15) is 9.18 Å². The van der Waals surface area contributed by atoms with Crippen LogP contribution in [-0.2, 0) is 0 Å². The summed E-state index contributed by atoms with van der Waals surface area (Å²) in [4.78, 5) is 30.8. The molecule has 7 nitrogen and oxygen atoms in total. The molecule has 1 atom stereocenters. The van der Waals surface area contributed by atoms with Crippen LogP contribution in [0.3, 0.4) is 0 Å². The number of pyridine rings is 1. The summed E-state index contributed by atoms with van der Waals surface area (Å²) >= 11 is 6.09. The van der Waals surface area contributed by atoms with Gasteiger partial charge in [0.25, 0.3) is 5.91 Å². The van der Waals surface area contributed by atoms with Crippen molar-refractivity contribution < 1.29 is 9.18 Å². The number of nitrogens with zero attached hydrogens (tertiary/aromatic N) is 4. The fourth-order valence-corrected chi connectivity index (χ4v) is 4.58. The number of piperidine rings is 1. The summed E-state index contributed by atoms with van der Waals surface area (Å²) in [7, 11) is 0. The average molecular weight is 479 g/mol. The standard InChI is InChI=1S/C25H24ClFN6O/c1-15-5-2-3-7-18(15)25(34)33-8-4-6-16(14-33)10-28-24-21(27)13-31-23(32-24)20-12-30-22-19(20)9-17(26)11-29-22/h2-3,5,7,9,11-13,16H,4,6,8,10,14H2,1H3,(H,29,30)(H,28,31,32). The zero-order chi connectivity index (χ0) is 23.7. The van der Waals surface area contributed by atoms with Gasteiger partial charge in [-0.2, -0.15) is 0 Å². The first-order valence-corrected chi connectivity index (χ1v) is 11.6. The van der Waals surface area contributed by atoms with Crippen LogP contribution in [-0.4, -0.2) is 50.4 Å². The van der Waals surface area contributed by atoms with Crippen molar-refractivity contribution in [3.63, 3.8) is 0 Å². The predicted octanol–water partition coefficient (Wildman–Crippen LogP) is 5.09. The number of nitrogens with one attached hydrogen (secondary N) is 2. The van der Waals surface area contributed by atoms with Gasteiger partial charge in [0.2, 0.25) is 0 Å². The molecule has 0 bridgehead atoms. The second-order valence-electron chi connectivity index (χ2n) is 8.60. The minimum atomic E-state index is -0.525. The quantitative estimate of drug-likeness (QED) is 0.417. The number of aromatic amines is 1. The minimum Gasteiger partial charge on any atom is -0.367 e. The number of hydrogen-bond donors (Lipinski definition) is 2. The molecule has 1 aliphatic heterocycles. The van der Waals surface area contributed by atoms with E-state index in [1.165, 1.54) is 0 Å². The van der Waals surface area contributed by atoms with Crippen LogP contribution >= 0.6 is 11.6 Å². The van der Waals surface area contributed by atoms with E-state index in [4.69, 9.17) is 11.6 Å². The SMILES string of the molecule is Cc1ccccc1C(=O)N1CCCC(CNc2nc(-c3c[nH]c4ncc(Cl)cc34)ncc2F)C1. The van der Waals surface area contributed by atoms with Gasteiger partial charge < -0.3 is 15.2 Å². The summed E-state index contributed by atoms with van der Waals surface area (Å²) < 4.78 is 14.5. The third-order valence-corrected chi connectivity index (χ3v) is 6.43. The van der Waals surface area contributed by atoms with Crippen molar-refractivity contribution in [1.29, 1.82) is 0 Å². The molecule has 1 unspecified atom stereocenters. The fraction of sp³-hybridized carbons (Fsp3) is 0.280. The number of aromatic nitrogens is 4. The van der Waals surface area contributed by atoms with Gasteiger partial charge in [-0.1, -0.05) is 29.8 Å². The van der Waals surface area contributed by atoms with Gasteiger partial charge in [-0.25, -0.2) is 19.3 Å². The summed E-state index contributed by atoms with van der Waals surface area (Å²) in [5, 5.41) is 4.40. The second-order valence-corrected chi connectivity index (χ2v) is 9.03. The highest BCUT2D eigenvalue weighted by Gasteiger charge is 2.25. The van der Waals surface area contributed by atoms with E-state index in [1.807, 2.05) is 36.1 Å². The van der Waals surface area contributed by atoms with Crippen LogP contribution in [0.4, 0.5) is 10.2 Å². The van der Waals surface area contributed by atoms with E-state index < -0.39 is 5.82 Å². The van der Waals surface area contributed by atoms with Gasteiger partial charge in [0.1, 0.15) is 5.65 Å². The predicted molar refractivity (Wildman–Crippen MR) is 130 cm³/mol. The molecule has 4 heterocycles. The number of anilines is 1. The summed E-state index contributed by atoms with van der Waals surface area (Å²) in [6.07, 6.45) is 6.32. The molecule has 34 heavy (non-hydrogen) atoms. The van der Waals surface area contributed by atoms with Crippen molar-refractivity contribution in [2.75, 3.05) is 25.0 Å². The molecule has 0 aliphatic carbocycles. The Bertz CT molecular complexity index is 1360. The maximum Gasteiger partial charge on any atom is 0.254 e. The normalized spacial score (nSPS) is 16.1. The molecule has 3 aromatic heterocycles. The average Bonchev–Trinajstić information content (AvgIpc) is 3.26. The van der Waals surface area contributed by atoms with Crippen LogP contribution in [0.2, 0.25) is 5.02 Å². The van der Waals surface area contributed by atoms with Crippen LogP contribution in [0, 0.1) is 18.7 Å².